The number of urea groups is 1. The van der Waals surface area contributed by atoms with Crippen LogP contribution in [0.15, 0.2) is 24.4 Å². The number of carbonyl (C=O) groups is 1. The van der Waals surface area contributed by atoms with Crippen molar-refractivity contribution in [1.29, 1.82) is 0 Å². The summed E-state index contributed by atoms with van der Waals surface area (Å²) in [5.41, 5.74) is 1.16. The van der Waals surface area contributed by atoms with E-state index in [1.165, 1.54) is 28.1 Å². The van der Waals surface area contributed by atoms with Crippen LogP contribution in [0.25, 0.3) is 0 Å². The number of amides is 2. The van der Waals surface area contributed by atoms with Crippen LogP contribution in [0.3, 0.4) is 0 Å². The number of benzene rings is 1. The van der Waals surface area contributed by atoms with Gasteiger partial charge >= 0.3 is 6.03 Å². The summed E-state index contributed by atoms with van der Waals surface area (Å²) in [5, 5.41) is 3.72. The second kappa shape index (κ2) is 6.59. The highest BCUT2D eigenvalue weighted by Crippen LogP contribution is 2.47. The van der Waals surface area contributed by atoms with Crippen LogP contribution in [0.2, 0.25) is 9.36 Å². The molecule has 0 unspecified atom stereocenters. The van der Waals surface area contributed by atoms with Gasteiger partial charge in [-0.2, -0.15) is 0 Å². The van der Waals surface area contributed by atoms with E-state index < -0.39 is 15.4 Å². The molecule has 144 valence electrons. The molecule has 2 aliphatic heterocycles. The molecule has 1 aromatic carbocycles. The van der Waals surface area contributed by atoms with Crippen molar-refractivity contribution >= 4 is 61.4 Å². The van der Waals surface area contributed by atoms with Crippen molar-refractivity contribution in [3.63, 3.8) is 0 Å². The number of halogens is 2. The van der Waals surface area contributed by atoms with Gasteiger partial charge in [-0.3, -0.25) is 10.2 Å². The Morgan fingerprint density at radius 3 is 2.74 bits per heavy atom. The molecule has 4 rings (SSSR count). The lowest BCUT2D eigenvalue weighted by Gasteiger charge is -2.25. The minimum atomic E-state index is -3.30. The Hall–Kier alpha value is -1.39. The molecule has 0 aliphatic carbocycles. The van der Waals surface area contributed by atoms with Crippen molar-refractivity contribution in [3.8, 4) is 0 Å². The van der Waals surface area contributed by atoms with Gasteiger partial charge in [0, 0.05) is 35.8 Å². The zero-order chi connectivity index (χ0) is 19.4. The minimum absolute atomic E-state index is 0.325. The van der Waals surface area contributed by atoms with Gasteiger partial charge in [0.25, 0.3) is 0 Å². The number of anilines is 2. The lowest BCUT2D eigenvalue weighted by atomic mass is 9.82. The molecule has 2 aromatic rings. The summed E-state index contributed by atoms with van der Waals surface area (Å²) in [7, 11) is -3.30. The summed E-state index contributed by atoms with van der Waals surface area (Å²) < 4.78 is 25.9. The molecule has 1 saturated heterocycles. The quantitative estimate of drug-likeness (QED) is 0.765. The van der Waals surface area contributed by atoms with Gasteiger partial charge in [-0.05, 0) is 30.2 Å². The Balaban J connectivity index is 1.67. The maximum Gasteiger partial charge on any atom is 0.328 e. The molecule has 1 atom stereocenters. The monoisotopic (exact) mass is 446 g/mol. The fourth-order valence-electron chi connectivity index (χ4n) is 3.76. The Morgan fingerprint density at radius 2 is 2.11 bits per heavy atom. The van der Waals surface area contributed by atoms with Crippen LogP contribution < -0.4 is 10.2 Å². The first-order valence-electron chi connectivity index (χ1n) is 8.13. The van der Waals surface area contributed by atoms with Gasteiger partial charge in [0.15, 0.2) is 5.13 Å². The molecule has 2 aliphatic rings. The van der Waals surface area contributed by atoms with E-state index in [1.807, 2.05) is 6.07 Å². The smallest absolute Gasteiger partial charge is 0.293 e. The van der Waals surface area contributed by atoms with E-state index >= 15 is 0 Å². The van der Waals surface area contributed by atoms with Crippen molar-refractivity contribution in [1.82, 2.24) is 9.29 Å². The van der Waals surface area contributed by atoms with Crippen LogP contribution in [0.1, 0.15) is 12.0 Å². The lowest BCUT2D eigenvalue weighted by Crippen LogP contribution is -2.41. The fraction of sp³-hybridized carbons (Fsp3) is 0.375. The molecular formula is C16H16Cl2N4O3S2. The van der Waals surface area contributed by atoms with Crippen LogP contribution >= 0.6 is 34.5 Å². The Morgan fingerprint density at radius 1 is 1.33 bits per heavy atom. The third kappa shape index (κ3) is 3.42. The number of thiazole rings is 1. The lowest BCUT2D eigenvalue weighted by molar-refractivity contribution is 0.256. The van der Waals surface area contributed by atoms with Crippen LogP contribution in [0, 0.1) is 0 Å². The highest BCUT2D eigenvalue weighted by molar-refractivity contribution is 7.88. The predicted molar refractivity (Wildman–Crippen MR) is 108 cm³/mol. The molecule has 2 amide bonds. The third-order valence-corrected chi connectivity index (χ3v) is 7.52. The van der Waals surface area contributed by atoms with Crippen molar-refractivity contribution < 1.29 is 13.2 Å². The summed E-state index contributed by atoms with van der Waals surface area (Å²) in [6.45, 7) is 1.12. The number of sulfonamides is 1. The average Bonchev–Trinajstić information content (AvgIpc) is 3.27. The van der Waals surface area contributed by atoms with Gasteiger partial charge in [-0.15, -0.1) is 0 Å². The SMILES string of the molecule is CS(=O)(=O)N1CC[C@]2(CN(C(=O)Nc3ncc(Cl)s3)c3ccc(Cl)cc32)C1. The maximum atomic E-state index is 12.9. The Labute approximate surface area is 170 Å². The van der Waals surface area contributed by atoms with E-state index in [-0.39, 0.29) is 6.03 Å². The van der Waals surface area contributed by atoms with Gasteiger partial charge in [0.05, 0.1) is 12.5 Å². The molecule has 27 heavy (non-hydrogen) atoms. The van der Waals surface area contributed by atoms with Crippen LogP contribution in [0.5, 0.6) is 0 Å². The Kier molecular flexibility index (Phi) is 4.63. The summed E-state index contributed by atoms with van der Waals surface area (Å²) in [6, 6.07) is 5.02. The fourth-order valence-corrected chi connectivity index (χ4v) is 5.64. The highest BCUT2D eigenvalue weighted by Gasteiger charge is 2.50. The van der Waals surface area contributed by atoms with Crippen molar-refractivity contribution in [2.45, 2.75) is 11.8 Å². The van der Waals surface area contributed by atoms with E-state index in [0.717, 1.165) is 11.3 Å². The van der Waals surface area contributed by atoms with E-state index in [1.54, 1.807) is 17.0 Å². The number of rotatable bonds is 2. The average molecular weight is 447 g/mol. The number of carbonyl (C=O) groups excluding carboxylic acids is 1. The van der Waals surface area contributed by atoms with Gasteiger partial charge < -0.3 is 0 Å². The second-order valence-electron chi connectivity index (χ2n) is 6.77. The largest absolute Gasteiger partial charge is 0.328 e. The standard InChI is InChI=1S/C16H16Cl2N4O3S2/c1-27(24,25)21-5-4-16(8-21)9-22(12-3-2-10(17)6-11(12)16)15(23)20-14-19-7-13(18)26-14/h2-3,6-7H,4-5,8-9H2,1H3,(H,19,20,23)/t16-/m1/s1. The van der Waals surface area contributed by atoms with Crippen LogP contribution in [-0.2, 0) is 15.4 Å². The minimum Gasteiger partial charge on any atom is -0.293 e. The van der Waals surface area contributed by atoms with E-state index in [2.05, 4.69) is 10.3 Å². The van der Waals surface area contributed by atoms with Gasteiger partial charge in [0.2, 0.25) is 10.0 Å². The number of hydrogen-bond acceptors (Lipinski definition) is 5. The van der Waals surface area contributed by atoms with Crippen molar-refractivity contribution in [3.05, 3.63) is 39.3 Å². The zero-order valence-corrected chi connectivity index (χ0v) is 17.4. The predicted octanol–water partition coefficient (Wildman–Crippen LogP) is 3.41. The molecule has 11 heteroatoms. The molecule has 0 radical (unpaired) electrons. The topological polar surface area (TPSA) is 82.6 Å². The highest BCUT2D eigenvalue weighted by atomic mass is 35.5. The first kappa shape index (κ1) is 18.9. The van der Waals surface area contributed by atoms with E-state index in [4.69, 9.17) is 23.2 Å². The number of nitrogens with one attached hydrogen (secondary N) is 1. The summed E-state index contributed by atoms with van der Waals surface area (Å²) in [6.07, 6.45) is 3.30. The molecule has 0 bridgehead atoms. The van der Waals surface area contributed by atoms with Crippen molar-refractivity contribution in [2.24, 2.45) is 0 Å². The molecule has 1 spiro atoms. The van der Waals surface area contributed by atoms with Crippen molar-refractivity contribution in [2.75, 3.05) is 36.1 Å². The first-order valence-corrected chi connectivity index (χ1v) is 11.6. The van der Waals surface area contributed by atoms with Crippen LogP contribution in [-0.4, -0.2) is 49.6 Å². The molecular weight excluding hydrogens is 431 g/mol. The first-order chi connectivity index (χ1) is 12.7. The molecule has 1 N–H and O–H groups in total. The summed E-state index contributed by atoms with van der Waals surface area (Å²) in [5.74, 6) is 0. The third-order valence-electron chi connectivity index (χ3n) is 5.01. The van der Waals surface area contributed by atoms with Gasteiger partial charge in [-0.25, -0.2) is 22.5 Å². The van der Waals surface area contributed by atoms with Gasteiger partial charge in [-0.1, -0.05) is 34.5 Å². The number of fused-ring (bicyclic) bond motifs is 2. The van der Waals surface area contributed by atoms with E-state index in [0.29, 0.717) is 40.5 Å². The Bertz CT molecular complexity index is 1030. The number of nitrogens with zero attached hydrogens (tertiary/aromatic N) is 3. The van der Waals surface area contributed by atoms with E-state index in [9.17, 15) is 13.2 Å². The van der Waals surface area contributed by atoms with Crippen LogP contribution in [0.4, 0.5) is 15.6 Å². The number of aromatic nitrogens is 1. The summed E-state index contributed by atoms with van der Waals surface area (Å²) >= 11 is 13.2. The van der Waals surface area contributed by atoms with Gasteiger partial charge in [0.1, 0.15) is 4.34 Å². The molecule has 7 nitrogen and oxygen atoms in total. The zero-order valence-electron chi connectivity index (χ0n) is 14.3. The maximum absolute atomic E-state index is 12.9. The second-order valence-corrected chi connectivity index (χ2v) is 10.9. The molecule has 1 aromatic heterocycles. The number of hydrogen-bond donors (Lipinski definition) is 1. The normalized spacial score (nSPS) is 22.4. The summed E-state index contributed by atoms with van der Waals surface area (Å²) in [4.78, 5) is 18.5. The molecule has 0 saturated carbocycles. The molecule has 1 fully saturated rings. The molecule has 3 heterocycles.